The number of fused-ring (bicyclic) bond motifs is 1. The van der Waals surface area contributed by atoms with Gasteiger partial charge in [-0.05, 0) is 47.1 Å². The van der Waals surface area contributed by atoms with Crippen molar-refractivity contribution in [1.82, 2.24) is 4.98 Å². The second-order valence-electron chi connectivity index (χ2n) is 5.67. The van der Waals surface area contributed by atoms with E-state index in [1.54, 1.807) is 0 Å². The summed E-state index contributed by atoms with van der Waals surface area (Å²) < 4.78 is 1.02. The normalized spacial score (nSPS) is 12.1. The van der Waals surface area contributed by atoms with Gasteiger partial charge in [0.2, 0.25) is 0 Å². The molecule has 23 heavy (non-hydrogen) atoms. The van der Waals surface area contributed by atoms with Crippen molar-refractivity contribution >= 4 is 38.2 Å². The Morgan fingerprint density at radius 3 is 2.65 bits per heavy atom. The monoisotopic (exact) mass is 369 g/mol. The van der Waals surface area contributed by atoms with Crippen molar-refractivity contribution in [2.75, 3.05) is 23.8 Å². The molecule has 3 rings (SSSR count). The molecular formula is C19H20BrN3. The van der Waals surface area contributed by atoms with Crippen LogP contribution >= 0.6 is 15.9 Å². The van der Waals surface area contributed by atoms with Gasteiger partial charge in [-0.1, -0.05) is 30.3 Å². The topological polar surface area (TPSA) is 28.2 Å². The molecule has 0 bridgehead atoms. The van der Waals surface area contributed by atoms with Crippen molar-refractivity contribution in [3.05, 3.63) is 65.3 Å². The number of rotatable bonds is 5. The summed E-state index contributed by atoms with van der Waals surface area (Å²) in [6.07, 6.45) is 1.85. The van der Waals surface area contributed by atoms with Crippen molar-refractivity contribution in [3.8, 4) is 0 Å². The molecule has 4 heteroatoms. The predicted octanol–water partition coefficient (Wildman–Crippen LogP) is 4.93. The molecule has 0 radical (unpaired) electrons. The average molecular weight is 370 g/mol. The number of benzene rings is 2. The zero-order valence-electron chi connectivity index (χ0n) is 13.3. The van der Waals surface area contributed by atoms with Gasteiger partial charge in [0, 0.05) is 47.1 Å². The summed E-state index contributed by atoms with van der Waals surface area (Å²) in [7, 11) is 2.13. The fraction of sp³-hybridized carbons (Fsp3) is 0.211. The van der Waals surface area contributed by atoms with E-state index in [-0.39, 0.29) is 0 Å². The Kier molecular flexibility index (Phi) is 4.82. The largest absolute Gasteiger partial charge is 0.382 e. The Bertz CT molecular complexity index is 789. The van der Waals surface area contributed by atoms with Gasteiger partial charge in [0.1, 0.15) is 0 Å². The first kappa shape index (κ1) is 15.8. The summed E-state index contributed by atoms with van der Waals surface area (Å²) in [5.74, 6) is 0. The molecule has 0 amide bonds. The van der Waals surface area contributed by atoms with E-state index in [2.05, 4.69) is 75.4 Å². The lowest BCUT2D eigenvalue weighted by molar-refractivity contribution is 0.717. The van der Waals surface area contributed by atoms with Gasteiger partial charge in [-0.25, -0.2) is 0 Å². The standard InChI is InChI=1S/C19H20BrN3/c1-14(23(2)15-7-4-3-5-8-15)13-22-18-11-12-21-19-16(18)9-6-10-17(19)20/h3-12,14H,13H2,1-2H3,(H,21,22). The molecule has 0 spiro atoms. The highest BCUT2D eigenvalue weighted by molar-refractivity contribution is 9.10. The minimum atomic E-state index is 0.368. The number of aromatic nitrogens is 1. The number of halogens is 1. The highest BCUT2D eigenvalue weighted by Crippen LogP contribution is 2.27. The van der Waals surface area contributed by atoms with E-state index in [1.807, 2.05) is 30.5 Å². The van der Waals surface area contributed by atoms with Crippen LogP contribution < -0.4 is 10.2 Å². The molecule has 1 unspecified atom stereocenters. The second-order valence-corrected chi connectivity index (χ2v) is 6.53. The third-order valence-corrected chi connectivity index (χ3v) is 4.77. The van der Waals surface area contributed by atoms with Crippen LogP contribution in [-0.2, 0) is 0 Å². The number of anilines is 2. The molecule has 3 nitrogen and oxygen atoms in total. The van der Waals surface area contributed by atoms with Gasteiger partial charge in [-0.15, -0.1) is 0 Å². The molecule has 118 valence electrons. The van der Waals surface area contributed by atoms with E-state index >= 15 is 0 Å². The Balaban J connectivity index is 1.75. The molecule has 1 aromatic heterocycles. The molecule has 1 heterocycles. The summed E-state index contributed by atoms with van der Waals surface area (Å²) in [5, 5.41) is 4.70. The molecule has 0 saturated heterocycles. The average Bonchev–Trinajstić information content (AvgIpc) is 2.60. The van der Waals surface area contributed by atoms with Crippen LogP contribution in [0.2, 0.25) is 0 Å². The van der Waals surface area contributed by atoms with Crippen LogP contribution in [0.4, 0.5) is 11.4 Å². The number of likely N-dealkylation sites (N-methyl/N-ethyl adjacent to an activating group) is 1. The number of pyridine rings is 1. The SMILES string of the molecule is CC(CNc1ccnc2c(Br)cccc12)N(C)c1ccccc1. The fourth-order valence-corrected chi connectivity index (χ4v) is 3.07. The van der Waals surface area contributed by atoms with Crippen LogP contribution in [0.1, 0.15) is 6.92 Å². The first-order valence-corrected chi connectivity index (χ1v) is 8.51. The van der Waals surface area contributed by atoms with Gasteiger partial charge in [0.05, 0.1) is 5.52 Å². The number of hydrogen-bond donors (Lipinski definition) is 1. The third kappa shape index (κ3) is 3.48. The molecule has 1 N–H and O–H groups in total. The Labute approximate surface area is 145 Å². The van der Waals surface area contributed by atoms with E-state index < -0.39 is 0 Å². The van der Waals surface area contributed by atoms with Gasteiger partial charge in [0.15, 0.2) is 0 Å². The van der Waals surface area contributed by atoms with E-state index in [0.717, 1.165) is 27.6 Å². The summed E-state index contributed by atoms with van der Waals surface area (Å²) in [6, 6.07) is 19.0. The van der Waals surface area contributed by atoms with Crippen molar-refractivity contribution < 1.29 is 0 Å². The lowest BCUT2D eigenvalue weighted by Crippen LogP contribution is -2.34. The summed E-state index contributed by atoms with van der Waals surface area (Å²) in [6.45, 7) is 3.08. The van der Waals surface area contributed by atoms with Crippen LogP contribution in [0, 0.1) is 0 Å². The highest BCUT2D eigenvalue weighted by Gasteiger charge is 2.11. The molecule has 1 atom stereocenters. The maximum atomic E-state index is 4.45. The van der Waals surface area contributed by atoms with Gasteiger partial charge in [-0.3, -0.25) is 4.98 Å². The molecule has 0 saturated carbocycles. The lowest BCUT2D eigenvalue weighted by Gasteiger charge is -2.27. The van der Waals surface area contributed by atoms with Crippen molar-refractivity contribution in [2.45, 2.75) is 13.0 Å². The summed E-state index contributed by atoms with van der Waals surface area (Å²) >= 11 is 3.57. The summed E-state index contributed by atoms with van der Waals surface area (Å²) in [5.41, 5.74) is 3.33. The molecule has 0 aliphatic heterocycles. The van der Waals surface area contributed by atoms with Crippen molar-refractivity contribution in [1.29, 1.82) is 0 Å². The van der Waals surface area contributed by atoms with E-state index in [4.69, 9.17) is 0 Å². The molecule has 0 aliphatic carbocycles. The minimum absolute atomic E-state index is 0.368. The number of hydrogen-bond acceptors (Lipinski definition) is 3. The smallest absolute Gasteiger partial charge is 0.0864 e. The molecule has 3 aromatic rings. The molecule has 0 aliphatic rings. The number of nitrogens with zero attached hydrogens (tertiary/aromatic N) is 2. The maximum absolute atomic E-state index is 4.45. The molecular weight excluding hydrogens is 350 g/mol. The zero-order chi connectivity index (χ0) is 16.2. The van der Waals surface area contributed by atoms with Crippen molar-refractivity contribution in [2.24, 2.45) is 0 Å². The first-order valence-electron chi connectivity index (χ1n) is 7.72. The van der Waals surface area contributed by atoms with Gasteiger partial charge in [-0.2, -0.15) is 0 Å². The van der Waals surface area contributed by atoms with Crippen LogP contribution in [0.25, 0.3) is 10.9 Å². The first-order chi connectivity index (χ1) is 11.2. The third-order valence-electron chi connectivity index (χ3n) is 4.13. The predicted molar refractivity (Wildman–Crippen MR) is 102 cm³/mol. The lowest BCUT2D eigenvalue weighted by atomic mass is 10.1. The van der Waals surface area contributed by atoms with Crippen LogP contribution in [0.3, 0.4) is 0 Å². The van der Waals surface area contributed by atoms with E-state index in [9.17, 15) is 0 Å². The Morgan fingerprint density at radius 1 is 1.09 bits per heavy atom. The minimum Gasteiger partial charge on any atom is -0.382 e. The van der Waals surface area contributed by atoms with Gasteiger partial charge < -0.3 is 10.2 Å². The van der Waals surface area contributed by atoms with Gasteiger partial charge in [0.25, 0.3) is 0 Å². The van der Waals surface area contributed by atoms with Crippen LogP contribution in [0.15, 0.2) is 65.3 Å². The fourth-order valence-electron chi connectivity index (χ4n) is 2.61. The van der Waals surface area contributed by atoms with Crippen LogP contribution in [0.5, 0.6) is 0 Å². The molecule has 2 aromatic carbocycles. The molecule has 0 fully saturated rings. The zero-order valence-corrected chi connectivity index (χ0v) is 14.9. The Morgan fingerprint density at radius 2 is 1.87 bits per heavy atom. The maximum Gasteiger partial charge on any atom is 0.0864 e. The Hall–Kier alpha value is -2.07. The second kappa shape index (κ2) is 7.01. The van der Waals surface area contributed by atoms with Gasteiger partial charge >= 0.3 is 0 Å². The van der Waals surface area contributed by atoms with Crippen molar-refractivity contribution in [3.63, 3.8) is 0 Å². The van der Waals surface area contributed by atoms with E-state index in [0.29, 0.717) is 6.04 Å². The quantitative estimate of drug-likeness (QED) is 0.690. The summed E-state index contributed by atoms with van der Waals surface area (Å²) in [4.78, 5) is 6.74. The van der Waals surface area contributed by atoms with E-state index in [1.165, 1.54) is 5.69 Å². The number of nitrogens with one attached hydrogen (secondary N) is 1. The highest BCUT2D eigenvalue weighted by atomic mass is 79.9. The number of para-hydroxylation sites is 2. The van der Waals surface area contributed by atoms with Crippen LogP contribution in [-0.4, -0.2) is 24.6 Å².